The molecule has 0 unspecified atom stereocenters. The molecule has 10 nitrogen and oxygen atoms in total. The summed E-state index contributed by atoms with van der Waals surface area (Å²) >= 11 is 0. The van der Waals surface area contributed by atoms with Crippen molar-refractivity contribution in [2.24, 2.45) is 0 Å². The molecule has 2 N–H and O–H groups in total. The number of amides is 2. The minimum absolute atomic E-state index is 0.0369. The first-order valence-corrected chi connectivity index (χ1v) is 9.78. The van der Waals surface area contributed by atoms with E-state index in [1.165, 1.54) is 24.3 Å². The van der Waals surface area contributed by atoms with Crippen LogP contribution in [0.1, 0.15) is 11.6 Å². The second-order valence-electron chi connectivity index (χ2n) is 6.88. The second kappa shape index (κ2) is 10.5. The first kappa shape index (κ1) is 22.2. The van der Waals surface area contributed by atoms with Crippen LogP contribution in [0.3, 0.4) is 0 Å². The Hall–Kier alpha value is -3.50. The van der Waals surface area contributed by atoms with Gasteiger partial charge in [0.2, 0.25) is 0 Å². The third-order valence-corrected chi connectivity index (χ3v) is 4.98. The van der Waals surface area contributed by atoms with Crippen LogP contribution in [0.25, 0.3) is 0 Å². The van der Waals surface area contributed by atoms with E-state index in [4.69, 9.17) is 9.47 Å². The molecule has 0 aromatic heterocycles. The van der Waals surface area contributed by atoms with E-state index < -0.39 is 16.7 Å². The highest BCUT2D eigenvalue weighted by Crippen LogP contribution is 2.25. The molecule has 1 aliphatic heterocycles. The zero-order valence-corrected chi connectivity index (χ0v) is 17.1. The first-order chi connectivity index (χ1) is 15.0. The number of hydrogen-bond donors (Lipinski definition) is 2. The highest BCUT2D eigenvalue weighted by atomic mass is 16.6. The summed E-state index contributed by atoms with van der Waals surface area (Å²) in [7, 11) is 1.58. The maximum absolute atomic E-state index is 12.4. The summed E-state index contributed by atoms with van der Waals surface area (Å²) in [5.41, 5.74) is 0.608. The number of hydrogen-bond acceptors (Lipinski definition) is 7. The minimum Gasteiger partial charge on any atom is -0.497 e. The predicted octanol–water partition coefficient (Wildman–Crippen LogP) is 1.73. The highest BCUT2D eigenvalue weighted by Gasteiger charge is 2.25. The third-order valence-electron chi connectivity index (χ3n) is 4.98. The molecule has 2 aromatic carbocycles. The standard InChI is InChI=1S/C21H24N4O6/c1-30-16-6-4-5-15(13-16)19(24-9-11-31-12-10-24)14-22-20(26)21(27)23-17-7-2-3-8-18(17)25(28)29/h2-8,13,19H,9-12,14H2,1H3,(H,22,26)(H,23,27)/t19-/m1/s1. The number of nitrogens with one attached hydrogen (secondary N) is 2. The number of morpholine rings is 1. The Morgan fingerprint density at radius 2 is 1.90 bits per heavy atom. The van der Waals surface area contributed by atoms with Crippen molar-refractivity contribution in [2.75, 3.05) is 45.3 Å². The zero-order valence-electron chi connectivity index (χ0n) is 17.1. The van der Waals surface area contributed by atoms with Crippen LogP contribution < -0.4 is 15.4 Å². The molecule has 1 heterocycles. The van der Waals surface area contributed by atoms with Crippen molar-refractivity contribution >= 4 is 23.2 Å². The van der Waals surface area contributed by atoms with E-state index in [1.54, 1.807) is 7.11 Å². The fourth-order valence-electron chi connectivity index (χ4n) is 3.38. The van der Waals surface area contributed by atoms with Crippen molar-refractivity contribution in [1.82, 2.24) is 10.2 Å². The Morgan fingerprint density at radius 3 is 2.61 bits per heavy atom. The van der Waals surface area contributed by atoms with E-state index in [-0.39, 0.29) is 24.0 Å². The number of nitrogens with zero attached hydrogens (tertiary/aromatic N) is 2. The van der Waals surface area contributed by atoms with Gasteiger partial charge in [0.1, 0.15) is 11.4 Å². The number of nitro benzene ring substituents is 1. The number of carbonyl (C=O) groups is 2. The lowest BCUT2D eigenvalue weighted by Crippen LogP contribution is -2.45. The van der Waals surface area contributed by atoms with Gasteiger partial charge in [0.05, 0.1) is 31.3 Å². The molecule has 2 aromatic rings. The molecule has 1 atom stereocenters. The number of ether oxygens (including phenoxy) is 2. The van der Waals surface area contributed by atoms with Gasteiger partial charge in [-0.25, -0.2) is 0 Å². The minimum atomic E-state index is -0.972. The van der Waals surface area contributed by atoms with Gasteiger partial charge in [-0.2, -0.15) is 0 Å². The average Bonchev–Trinajstić information content (AvgIpc) is 2.80. The van der Waals surface area contributed by atoms with Crippen molar-refractivity contribution in [1.29, 1.82) is 0 Å². The van der Waals surface area contributed by atoms with Gasteiger partial charge in [-0.15, -0.1) is 0 Å². The zero-order chi connectivity index (χ0) is 22.2. The highest BCUT2D eigenvalue weighted by molar-refractivity contribution is 6.39. The van der Waals surface area contributed by atoms with Crippen LogP contribution >= 0.6 is 0 Å². The number of carbonyl (C=O) groups excluding carboxylic acids is 2. The van der Waals surface area contributed by atoms with Gasteiger partial charge >= 0.3 is 11.8 Å². The topological polar surface area (TPSA) is 123 Å². The lowest BCUT2D eigenvalue weighted by atomic mass is 10.0. The molecule has 1 aliphatic rings. The van der Waals surface area contributed by atoms with E-state index in [0.717, 1.165) is 5.56 Å². The Balaban J connectivity index is 1.69. The number of benzene rings is 2. The number of anilines is 1. The van der Waals surface area contributed by atoms with Crippen LogP contribution in [0, 0.1) is 10.1 Å². The third kappa shape index (κ3) is 5.77. The van der Waals surface area contributed by atoms with Gasteiger partial charge in [-0.05, 0) is 23.8 Å². The number of rotatable bonds is 7. The monoisotopic (exact) mass is 428 g/mol. The molecule has 2 amide bonds. The van der Waals surface area contributed by atoms with Crippen molar-refractivity contribution in [2.45, 2.75) is 6.04 Å². The Labute approximate surface area is 179 Å². The van der Waals surface area contributed by atoms with Crippen LogP contribution in [-0.2, 0) is 14.3 Å². The SMILES string of the molecule is COc1cccc([C@@H](CNC(=O)C(=O)Nc2ccccc2[N+](=O)[O-])N2CCOCC2)c1. The first-order valence-electron chi connectivity index (χ1n) is 9.78. The van der Waals surface area contributed by atoms with Crippen LogP contribution in [0.15, 0.2) is 48.5 Å². The van der Waals surface area contributed by atoms with Crippen molar-refractivity contribution < 1.29 is 24.0 Å². The van der Waals surface area contributed by atoms with Gasteiger partial charge in [-0.1, -0.05) is 24.3 Å². The lowest BCUT2D eigenvalue weighted by molar-refractivity contribution is -0.383. The number of para-hydroxylation sites is 2. The van der Waals surface area contributed by atoms with Crippen molar-refractivity contribution in [3.05, 3.63) is 64.2 Å². The van der Waals surface area contributed by atoms with E-state index in [2.05, 4.69) is 15.5 Å². The number of nitro groups is 1. The molecule has 1 saturated heterocycles. The molecular weight excluding hydrogens is 404 g/mol. The largest absolute Gasteiger partial charge is 0.497 e. The second-order valence-corrected chi connectivity index (χ2v) is 6.88. The Morgan fingerprint density at radius 1 is 1.16 bits per heavy atom. The maximum atomic E-state index is 12.4. The quantitative estimate of drug-likeness (QED) is 0.391. The van der Waals surface area contributed by atoms with Gasteiger partial charge in [0.15, 0.2) is 0 Å². The summed E-state index contributed by atoms with van der Waals surface area (Å²) < 4.78 is 10.7. The van der Waals surface area contributed by atoms with Gasteiger partial charge in [0.25, 0.3) is 5.69 Å². The van der Waals surface area contributed by atoms with Gasteiger partial charge in [-0.3, -0.25) is 24.6 Å². The summed E-state index contributed by atoms with van der Waals surface area (Å²) in [6.45, 7) is 2.69. The molecule has 31 heavy (non-hydrogen) atoms. The molecule has 1 fully saturated rings. The molecule has 0 spiro atoms. The number of methoxy groups -OCH3 is 1. The van der Waals surface area contributed by atoms with Gasteiger partial charge < -0.3 is 20.1 Å². The fraction of sp³-hybridized carbons (Fsp3) is 0.333. The summed E-state index contributed by atoms with van der Waals surface area (Å²) in [6.07, 6.45) is 0. The normalized spacial score (nSPS) is 15.0. The summed E-state index contributed by atoms with van der Waals surface area (Å²) in [4.78, 5) is 37.4. The van der Waals surface area contributed by atoms with Crippen LogP contribution in [0.5, 0.6) is 5.75 Å². The van der Waals surface area contributed by atoms with Crippen molar-refractivity contribution in [3.63, 3.8) is 0 Å². The molecule has 0 bridgehead atoms. The van der Waals surface area contributed by atoms with E-state index >= 15 is 0 Å². The predicted molar refractivity (Wildman–Crippen MR) is 113 cm³/mol. The van der Waals surface area contributed by atoms with Crippen LogP contribution in [0.4, 0.5) is 11.4 Å². The van der Waals surface area contributed by atoms with Gasteiger partial charge in [0, 0.05) is 25.7 Å². The molecule has 10 heteroatoms. The molecule has 0 aliphatic carbocycles. The fourth-order valence-corrected chi connectivity index (χ4v) is 3.38. The molecule has 0 radical (unpaired) electrons. The van der Waals surface area contributed by atoms with E-state index in [9.17, 15) is 19.7 Å². The molecule has 0 saturated carbocycles. The van der Waals surface area contributed by atoms with Crippen LogP contribution in [0.2, 0.25) is 0 Å². The Kier molecular flexibility index (Phi) is 7.52. The average molecular weight is 428 g/mol. The Bertz CT molecular complexity index is 945. The molecule has 3 rings (SSSR count). The van der Waals surface area contributed by atoms with Crippen molar-refractivity contribution in [3.8, 4) is 5.75 Å². The summed E-state index contributed by atoms with van der Waals surface area (Å²) in [6, 6.07) is 13.0. The van der Waals surface area contributed by atoms with E-state index in [0.29, 0.717) is 32.1 Å². The summed E-state index contributed by atoms with van der Waals surface area (Å²) in [5, 5.41) is 16.0. The van der Waals surface area contributed by atoms with E-state index in [1.807, 2.05) is 24.3 Å². The molecular formula is C21H24N4O6. The lowest BCUT2D eigenvalue weighted by Gasteiger charge is -2.35. The van der Waals surface area contributed by atoms with Crippen LogP contribution in [-0.4, -0.2) is 61.6 Å². The summed E-state index contributed by atoms with van der Waals surface area (Å²) in [5.74, 6) is -1.16. The molecule has 164 valence electrons. The smallest absolute Gasteiger partial charge is 0.313 e. The maximum Gasteiger partial charge on any atom is 0.313 e.